The van der Waals surface area contributed by atoms with Crippen LogP contribution in [-0.4, -0.2) is 64.2 Å². The van der Waals surface area contributed by atoms with Crippen LogP contribution in [0.15, 0.2) is 4.99 Å². The van der Waals surface area contributed by atoms with Crippen molar-refractivity contribution in [3.8, 4) is 0 Å². The molecule has 144 valence electrons. The monoisotopic (exact) mass is 370 g/mol. The van der Waals surface area contributed by atoms with Crippen LogP contribution in [0.5, 0.6) is 0 Å². The Morgan fingerprint density at radius 1 is 1.24 bits per heavy atom. The molecular weight excluding hydrogens is 336 g/mol. The van der Waals surface area contributed by atoms with Crippen molar-refractivity contribution in [2.75, 3.05) is 32.4 Å². The van der Waals surface area contributed by atoms with Crippen LogP contribution < -0.4 is 10.6 Å². The average molecular weight is 371 g/mol. The van der Waals surface area contributed by atoms with Gasteiger partial charge in [-0.1, -0.05) is 12.8 Å². The fourth-order valence-electron chi connectivity index (χ4n) is 3.47. The Balaban J connectivity index is 1.73. The second-order valence-corrected chi connectivity index (χ2v) is 10.4. The number of hydrogen-bond acceptors (Lipinski definition) is 3. The standard InChI is InChI=1S/C18H34N4O2S/c1-18(2,3)25(24)12-10-20-17(19-4)21-15-9-11-22(13-15)16(23)14-7-5-6-8-14/h14-15H,5-13H2,1-4H3,(H2,19,20,21). The molecule has 1 saturated heterocycles. The van der Waals surface area contributed by atoms with Crippen molar-refractivity contribution in [1.29, 1.82) is 0 Å². The second kappa shape index (κ2) is 9.01. The molecule has 7 heteroatoms. The Morgan fingerprint density at radius 2 is 1.92 bits per heavy atom. The van der Waals surface area contributed by atoms with E-state index in [-0.39, 0.29) is 16.7 Å². The van der Waals surface area contributed by atoms with E-state index in [1.807, 2.05) is 25.7 Å². The van der Waals surface area contributed by atoms with E-state index in [1.54, 1.807) is 7.05 Å². The molecule has 0 spiro atoms. The van der Waals surface area contributed by atoms with Gasteiger partial charge in [-0.3, -0.25) is 14.0 Å². The van der Waals surface area contributed by atoms with E-state index in [0.717, 1.165) is 38.3 Å². The normalized spacial score (nSPS) is 23.8. The van der Waals surface area contributed by atoms with Crippen molar-refractivity contribution in [2.45, 2.75) is 63.7 Å². The van der Waals surface area contributed by atoms with Gasteiger partial charge < -0.3 is 15.5 Å². The van der Waals surface area contributed by atoms with Gasteiger partial charge in [0.15, 0.2) is 5.96 Å². The van der Waals surface area contributed by atoms with Gasteiger partial charge in [0.2, 0.25) is 5.91 Å². The highest BCUT2D eigenvalue weighted by molar-refractivity contribution is 7.86. The lowest BCUT2D eigenvalue weighted by Gasteiger charge is -2.22. The van der Waals surface area contributed by atoms with Gasteiger partial charge in [-0.2, -0.15) is 0 Å². The molecule has 2 atom stereocenters. The molecule has 0 radical (unpaired) electrons. The van der Waals surface area contributed by atoms with Gasteiger partial charge in [-0.15, -0.1) is 0 Å². The van der Waals surface area contributed by atoms with E-state index in [2.05, 4.69) is 15.6 Å². The molecular formula is C18H34N4O2S. The molecule has 2 N–H and O–H groups in total. The number of amides is 1. The fraction of sp³-hybridized carbons (Fsp3) is 0.889. The molecule has 0 aromatic carbocycles. The summed E-state index contributed by atoms with van der Waals surface area (Å²) in [6, 6.07) is 0.240. The van der Waals surface area contributed by atoms with Crippen LogP contribution in [0.25, 0.3) is 0 Å². The van der Waals surface area contributed by atoms with Crippen molar-refractivity contribution in [1.82, 2.24) is 15.5 Å². The van der Waals surface area contributed by atoms with Crippen LogP contribution in [0.2, 0.25) is 0 Å². The van der Waals surface area contributed by atoms with E-state index in [0.29, 0.717) is 18.2 Å². The minimum Gasteiger partial charge on any atom is -0.355 e. The lowest BCUT2D eigenvalue weighted by atomic mass is 10.1. The number of hydrogen-bond donors (Lipinski definition) is 2. The summed E-state index contributed by atoms with van der Waals surface area (Å²) >= 11 is 0. The van der Waals surface area contributed by atoms with Gasteiger partial charge in [-0.25, -0.2) is 0 Å². The topological polar surface area (TPSA) is 73.8 Å². The summed E-state index contributed by atoms with van der Waals surface area (Å²) < 4.78 is 11.9. The summed E-state index contributed by atoms with van der Waals surface area (Å²) in [7, 11) is 0.871. The van der Waals surface area contributed by atoms with Crippen molar-refractivity contribution in [3.05, 3.63) is 0 Å². The minimum atomic E-state index is -0.871. The Labute approximate surface area is 154 Å². The van der Waals surface area contributed by atoms with Gasteiger partial charge >= 0.3 is 0 Å². The predicted octanol–water partition coefficient (Wildman–Crippen LogP) is 1.49. The van der Waals surface area contributed by atoms with E-state index < -0.39 is 10.8 Å². The first-order chi connectivity index (χ1) is 11.8. The van der Waals surface area contributed by atoms with Crippen LogP contribution in [0.4, 0.5) is 0 Å². The molecule has 1 saturated carbocycles. The molecule has 0 bridgehead atoms. The molecule has 0 aromatic heterocycles. The highest BCUT2D eigenvalue weighted by Crippen LogP contribution is 2.27. The van der Waals surface area contributed by atoms with E-state index in [4.69, 9.17) is 0 Å². The van der Waals surface area contributed by atoms with Crippen LogP contribution in [0, 0.1) is 5.92 Å². The quantitative estimate of drug-likeness (QED) is 0.568. The molecule has 0 aromatic rings. The highest BCUT2D eigenvalue weighted by atomic mass is 32.2. The Kier molecular flexibility index (Phi) is 7.28. The summed E-state index contributed by atoms with van der Waals surface area (Å²) in [6.45, 7) is 8.18. The van der Waals surface area contributed by atoms with Crippen molar-refractivity contribution in [3.63, 3.8) is 0 Å². The second-order valence-electron chi connectivity index (χ2n) is 8.06. The maximum Gasteiger partial charge on any atom is 0.225 e. The molecule has 2 unspecified atom stereocenters. The van der Waals surface area contributed by atoms with Gasteiger partial charge in [0, 0.05) is 59.9 Å². The van der Waals surface area contributed by atoms with E-state index in [9.17, 15) is 9.00 Å². The van der Waals surface area contributed by atoms with Gasteiger partial charge in [0.1, 0.15) is 0 Å². The molecule has 6 nitrogen and oxygen atoms in total. The Hall–Kier alpha value is -1.11. The van der Waals surface area contributed by atoms with Gasteiger partial charge in [0.25, 0.3) is 0 Å². The molecule has 1 heterocycles. The van der Waals surface area contributed by atoms with E-state index >= 15 is 0 Å². The zero-order valence-corrected chi connectivity index (χ0v) is 17.0. The summed E-state index contributed by atoms with van der Waals surface area (Å²) in [5.41, 5.74) is 0. The summed E-state index contributed by atoms with van der Waals surface area (Å²) in [4.78, 5) is 18.8. The smallest absolute Gasteiger partial charge is 0.225 e. The number of likely N-dealkylation sites (tertiary alicyclic amines) is 1. The molecule has 2 aliphatic rings. The molecule has 1 amide bonds. The van der Waals surface area contributed by atoms with Crippen LogP contribution in [-0.2, 0) is 15.6 Å². The number of carbonyl (C=O) groups is 1. The first-order valence-electron chi connectivity index (χ1n) is 9.45. The van der Waals surface area contributed by atoms with Gasteiger partial charge in [0.05, 0.1) is 0 Å². The van der Waals surface area contributed by atoms with Crippen molar-refractivity contribution >= 4 is 22.7 Å². The average Bonchev–Trinajstić information content (AvgIpc) is 3.24. The molecule has 2 rings (SSSR count). The number of rotatable bonds is 5. The lowest BCUT2D eigenvalue weighted by molar-refractivity contribution is -0.134. The zero-order valence-electron chi connectivity index (χ0n) is 16.1. The van der Waals surface area contributed by atoms with Crippen molar-refractivity contribution < 1.29 is 9.00 Å². The predicted molar refractivity (Wildman–Crippen MR) is 104 cm³/mol. The fourth-order valence-corrected chi connectivity index (χ4v) is 4.37. The molecule has 1 aliphatic heterocycles. The first kappa shape index (κ1) is 20.2. The van der Waals surface area contributed by atoms with E-state index in [1.165, 1.54) is 12.8 Å². The maximum atomic E-state index is 12.5. The number of carbonyl (C=O) groups excluding carboxylic acids is 1. The number of aliphatic imine (C=N–C) groups is 1. The lowest BCUT2D eigenvalue weighted by Crippen LogP contribution is -2.46. The van der Waals surface area contributed by atoms with Gasteiger partial charge in [-0.05, 0) is 40.0 Å². The van der Waals surface area contributed by atoms with Crippen LogP contribution in [0.1, 0.15) is 52.9 Å². The molecule has 1 aliphatic carbocycles. The summed E-state index contributed by atoms with van der Waals surface area (Å²) in [5.74, 6) is 1.92. The third-order valence-corrected chi connectivity index (χ3v) is 6.97. The largest absolute Gasteiger partial charge is 0.355 e. The maximum absolute atomic E-state index is 12.5. The van der Waals surface area contributed by atoms with Crippen LogP contribution >= 0.6 is 0 Å². The van der Waals surface area contributed by atoms with Crippen molar-refractivity contribution in [2.24, 2.45) is 10.9 Å². The number of guanidine groups is 1. The highest BCUT2D eigenvalue weighted by Gasteiger charge is 2.32. The number of nitrogens with zero attached hydrogens (tertiary/aromatic N) is 2. The summed E-state index contributed by atoms with van der Waals surface area (Å²) in [5, 5.41) is 6.64. The zero-order chi connectivity index (χ0) is 18.4. The minimum absolute atomic E-state index is 0.189. The third-order valence-electron chi connectivity index (χ3n) is 5.03. The SMILES string of the molecule is CN=C(NCCS(=O)C(C)(C)C)NC1CCN(C(=O)C2CCCC2)C1. The molecule has 25 heavy (non-hydrogen) atoms. The third kappa shape index (κ3) is 5.97. The Morgan fingerprint density at radius 3 is 2.52 bits per heavy atom. The first-order valence-corrected chi connectivity index (χ1v) is 10.8. The number of nitrogens with one attached hydrogen (secondary N) is 2. The molecule has 2 fully saturated rings. The summed E-state index contributed by atoms with van der Waals surface area (Å²) in [6.07, 6.45) is 5.45. The Bertz CT molecular complexity index is 510. The van der Waals surface area contributed by atoms with Crippen LogP contribution in [0.3, 0.4) is 0 Å².